The summed E-state index contributed by atoms with van der Waals surface area (Å²) >= 11 is 0. The number of ether oxygens (including phenoxy) is 1. The van der Waals surface area contributed by atoms with Crippen LogP contribution in [0.25, 0.3) is 0 Å². The standard InChI is InChI=1S/C18H15F3N2O2/c1-17(2)12-6-4-5-11(16(24)25-3)14(12)23-15(17)13-8-7-10(9-22-13)18(19,20)21/h4-9H,1-3H3. The highest BCUT2D eigenvalue weighted by molar-refractivity contribution is 6.13. The largest absolute Gasteiger partial charge is 0.465 e. The van der Waals surface area contributed by atoms with Crippen LogP contribution in [0.3, 0.4) is 0 Å². The fourth-order valence-corrected chi connectivity index (χ4v) is 2.90. The molecular weight excluding hydrogens is 333 g/mol. The number of aromatic nitrogens is 1. The van der Waals surface area contributed by atoms with E-state index >= 15 is 0 Å². The van der Waals surface area contributed by atoms with Crippen LogP contribution in [-0.4, -0.2) is 23.8 Å². The zero-order valence-corrected chi connectivity index (χ0v) is 13.8. The lowest BCUT2D eigenvalue weighted by atomic mass is 9.79. The Morgan fingerprint density at radius 1 is 1.16 bits per heavy atom. The predicted molar refractivity (Wildman–Crippen MR) is 86.2 cm³/mol. The van der Waals surface area contributed by atoms with E-state index in [0.29, 0.717) is 22.7 Å². The zero-order valence-electron chi connectivity index (χ0n) is 13.8. The number of carbonyl (C=O) groups is 1. The first-order valence-electron chi connectivity index (χ1n) is 7.51. The van der Waals surface area contributed by atoms with Crippen molar-refractivity contribution in [1.29, 1.82) is 0 Å². The maximum atomic E-state index is 12.7. The Labute approximate surface area is 142 Å². The molecule has 2 heterocycles. The van der Waals surface area contributed by atoms with Gasteiger partial charge in [-0.15, -0.1) is 0 Å². The van der Waals surface area contributed by atoms with Gasteiger partial charge in [-0.3, -0.25) is 4.98 Å². The van der Waals surface area contributed by atoms with Gasteiger partial charge < -0.3 is 4.74 Å². The number of nitrogens with zero attached hydrogens (tertiary/aromatic N) is 2. The minimum absolute atomic E-state index is 0.315. The number of methoxy groups -OCH3 is 1. The molecule has 0 unspecified atom stereocenters. The predicted octanol–water partition coefficient (Wildman–Crippen LogP) is 4.30. The Balaban J connectivity index is 2.10. The Morgan fingerprint density at radius 3 is 2.44 bits per heavy atom. The topological polar surface area (TPSA) is 51.5 Å². The first-order chi connectivity index (χ1) is 11.7. The maximum Gasteiger partial charge on any atom is 0.417 e. The molecule has 3 rings (SSSR count). The normalized spacial score (nSPS) is 15.5. The highest BCUT2D eigenvalue weighted by Crippen LogP contribution is 2.43. The molecule has 0 amide bonds. The second-order valence-corrected chi connectivity index (χ2v) is 6.21. The number of fused-ring (bicyclic) bond motifs is 1. The third-order valence-corrected chi connectivity index (χ3v) is 4.26. The molecule has 4 nitrogen and oxygen atoms in total. The van der Waals surface area contributed by atoms with Crippen molar-refractivity contribution in [1.82, 2.24) is 4.98 Å². The van der Waals surface area contributed by atoms with Crippen molar-refractivity contribution in [3.05, 3.63) is 58.9 Å². The SMILES string of the molecule is COC(=O)c1cccc2c1N=C(c1ccc(C(F)(F)F)cn1)C2(C)C. The Morgan fingerprint density at radius 2 is 1.88 bits per heavy atom. The lowest BCUT2D eigenvalue weighted by Crippen LogP contribution is -2.27. The summed E-state index contributed by atoms with van der Waals surface area (Å²) in [6, 6.07) is 7.44. The molecule has 25 heavy (non-hydrogen) atoms. The van der Waals surface area contributed by atoms with Gasteiger partial charge in [0.05, 0.1) is 35.3 Å². The number of hydrogen-bond acceptors (Lipinski definition) is 4. The van der Waals surface area contributed by atoms with Crippen LogP contribution >= 0.6 is 0 Å². The minimum atomic E-state index is -4.44. The fourth-order valence-electron chi connectivity index (χ4n) is 2.90. The average molecular weight is 348 g/mol. The second kappa shape index (κ2) is 5.68. The van der Waals surface area contributed by atoms with Gasteiger partial charge >= 0.3 is 12.1 Å². The van der Waals surface area contributed by atoms with Crippen LogP contribution in [0.15, 0.2) is 41.5 Å². The molecule has 0 saturated heterocycles. The van der Waals surface area contributed by atoms with Crippen molar-refractivity contribution in [2.75, 3.05) is 7.11 Å². The molecule has 0 bridgehead atoms. The number of hydrogen-bond donors (Lipinski definition) is 0. The van der Waals surface area contributed by atoms with Crippen LogP contribution in [0.2, 0.25) is 0 Å². The van der Waals surface area contributed by atoms with Gasteiger partial charge in [0.2, 0.25) is 0 Å². The fraction of sp³-hybridized carbons (Fsp3) is 0.278. The molecule has 1 aliphatic rings. The summed E-state index contributed by atoms with van der Waals surface area (Å²) < 4.78 is 42.9. The van der Waals surface area contributed by atoms with Crippen molar-refractivity contribution >= 4 is 17.4 Å². The summed E-state index contributed by atoms with van der Waals surface area (Å²) in [5, 5.41) is 0. The summed E-state index contributed by atoms with van der Waals surface area (Å²) in [6.45, 7) is 3.77. The molecule has 0 saturated carbocycles. The van der Waals surface area contributed by atoms with Crippen molar-refractivity contribution < 1.29 is 22.7 Å². The molecular formula is C18H15F3N2O2. The molecule has 0 aliphatic carbocycles. The second-order valence-electron chi connectivity index (χ2n) is 6.21. The Bertz CT molecular complexity index is 869. The molecule has 0 N–H and O–H groups in total. The number of halogens is 3. The quantitative estimate of drug-likeness (QED) is 0.761. The third-order valence-electron chi connectivity index (χ3n) is 4.26. The monoisotopic (exact) mass is 348 g/mol. The Hall–Kier alpha value is -2.70. The van der Waals surface area contributed by atoms with Crippen LogP contribution < -0.4 is 0 Å². The van der Waals surface area contributed by atoms with Crippen molar-refractivity contribution in [2.24, 2.45) is 4.99 Å². The summed E-state index contributed by atoms with van der Waals surface area (Å²) in [5.41, 5.74) is 1.00. The number of pyridine rings is 1. The number of carbonyl (C=O) groups excluding carboxylic acids is 1. The van der Waals surface area contributed by atoms with Crippen molar-refractivity contribution in [3.63, 3.8) is 0 Å². The van der Waals surface area contributed by atoms with Gasteiger partial charge in [-0.25, -0.2) is 9.79 Å². The molecule has 0 fully saturated rings. The van der Waals surface area contributed by atoms with Crippen LogP contribution in [0.1, 0.15) is 41.0 Å². The van der Waals surface area contributed by atoms with E-state index in [1.165, 1.54) is 13.2 Å². The molecule has 1 aromatic heterocycles. The number of esters is 1. The van der Waals surface area contributed by atoms with E-state index in [4.69, 9.17) is 4.74 Å². The van der Waals surface area contributed by atoms with Gasteiger partial charge in [0, 0.05) is 11.6 Å². The van der Waals surface area contributed by atoms with Crippen LogP contribution in [0.4, 0.5) is 18.9 Å². The molecule has 0 atom stereocenters. The number of alkyl halides is 3. The molecule has 130 valence electrons. The van der Waals surface area contributed by atoms with E-state index in [1.807, 2.05) is 19.9 Å². The first kappa shape index (κ1) is 17.1. The molecule has 2 aromatic rings. The average Bonchev–Trinajstić information content (AvgIpc) is 2.85. The lowest BCUT2D eigenvalue weighted by Gasteiger charge is -2.22. The number of rotatable bonds is 2. The zero-order chi connectivity index (χ0) is 18.4. The number of aliphatic imine (C=N–C) groups is 1. The third kappa shape index (κ3) is 2.79. The minimum Gasteiger partial charge on any atom is -0.465 e. The highest BCUT2D eigenvalue weighted by atomic mass is 19.4. The lowest BCUT2D eigenvalue weighted by molar-refractivity contribution is -0.137. The molecule has 7 heteroatoms. The van der Waals surface area contributed by atoms with Gasteiger partial charge in [-0.1, -0.05) is 12.1 Å². The number of para-hydroxylation sites is 1. The highest BCUT2D eigenvalue weighted by Gasteiger charge is 2.39. The smallest absolute Gasteiger partial charge is 0.417 e. The Kier molecular flexibility index (Phi) is 3.89. The first-order valence-corrected chi connectivity index (χ1v) is 7.51. The summed E-state index contributed by atoms with van der Waals surface area (Å²) in [6.07, 6.45) is -3.66. The van der Waals surface area contributed by atoms with Crippen LogP contribution in [0, 0.1) is 0 Å². The van der Waals surface area contributed by atoms with E-state index in [1.54, 1.807) is 12.1 Å². The van der Waals surface area contributed by atoms with Crippen LogP contribution in [0.5, 0.6) is 0 Å². The van der Waals surface area contributed by atoms with Gasteiger partial charge in [0.25, 0.3) is 0 Å². The van der Waals surface area contributed by atoms with Gasteiger partial charge in [0.15, 0.2) is 0 Å². The van der Waals surface area contributed by atoms with Crippen LogP contribution in [-0.2, 0) is 16.3 Å². The molecule has 1 aromatic carbocycles. The van der Waals surface area contributed by atoms with E-state index < -0.39 is 23.1 Å². The van der Waals surface area contributed by atoms with Gasteiger partial charge in [0.1, 0.15) is 0 Å². The van der Waals surface area contributed by atoms with E-state index in [-0.39, 0.29) is 0 Å². The van der Waals surface area contributed by atoms with E-state index in [0.717, 1.165) is 17.8 Å². The van der Waals surface area contributed by atoms with Gasteiger partial charge in [-0.05, 0) is 37.6 Å². The molecule has 0 radical (unpaired) electrons. The number of benzene rings is 1. The van der Waals surface area contributed by atoms with Crippen molar-refractivity contribution in [3.8, 4) is 0 Å². The summed E-state index contributed by atoms with van der Waals surface area (Å²) in [7, 11) is 1.28. The van der Waals surface area contributed by atoms with Crippen molar-refractivity contribution in [2.45, 2.75) is 25.4 Å². The van der Waals surface area contributed by atoms with Gasteiger partial charge in [-0.2, -0.15) is 13.2 Å². The summed E-state index contributed by atoms with van der Waals surface area (Å²) in [5.74, 6) is -0.516. The van der Waals surface area contributed by atoms with E-state index in [9.17, 15) is 18.0 Å². The van der Waals surface area contributed by atoms with E-state index in [2.05, 4.69) is 9.98 Å². The summed E-state index contributed by atoms with van der Waals surface area (Å²) in [4.78, 5) is 20.4. The maximum absolute atomic E-state index is 12.7. The molecule has 0 spiro atoms. The molecule has 1 aliphatic heterocycles.